The number of allylic oxidation sites excluding steroid dienone is 1. The van der Waals surface area contributed by atoms with Gasteiger partial charge in [-0.15, -0.1) is 0 Å². The Morgan fingerprint density at radius 2 is 1.73 bits per heavy atom. The second-order valence-corrected chi connectivity index (χ2v) is 7.00. The van der Waals surface area contributed by atoms with E-state index in [-0.39, 0.29) is 6.09 Å². The van der Waals surface area contributed by atoms with Crippen LogP contribution in [-0.4, -0.2) is 60.7 Å². The lowest BCUT2D eigenvalue weighted by atomic mass is 10.0. The monoisotopic (exact) mass is 308 g/mol. The zero-order valence-corrected chi connectivity index (χ0v) is 14.3. The quantitative estimate of drug-likeness (QED) is 0.594. The molecule has 0 aromatic heterocycles. The first-order chi connectivity index (χ1) is 10.3. The number of likely N-dealkylation sites (tertiary alicyclic amines) is 2. The third-order valence-electron chi connectivity index (χ3n) is 4.03. The van der Waals surface area contributed by atoms with Gasteiger partial charge in [-0.3, -0.25) is 4.99 Å². The van der Waals surface area contributed by atoms with Gasteiger partial charge < -0.3 is 19.9 Å². The molecule has 22 heavy (non-hydrogen) atoms. The molecule has 0 aromatic rings. The largest absolute Gasteiger partial charge is 0.444 e. The van der Waals surface area contributed by atoms with Gasteiger partial charge in [-0.1, -0.05) is 6.08 Å². The number of hydrogen-bond acceptors (Lipinski definition) is 3. The summed E-state index contributed by atoms with van der Waals surface area (Å²) in [4.78, 5) is 20.6. The van der Waals surface area contributed by atoms with Gasteiger partial charge in [0.15, 0.2) is 5.96 Å². The molecule has 2 unspecified atom stereocenters. The number of hydrogen-bond donors (Lipinski definition) is 1. The van der Waals surface area contributed by atoms with Crippen LogP contribution in [0.25, 0.3) is 0 Å². The van der Waals surface area contributed by atoms with E-state index in [0.717, 1.165) is 32.1 Å². The molecule has 0 aliphatic carbocycles. The number of carbonyl (C=O) groups is 1. The van der Waals surface area contributed by atoms with Crippen LogP contribution in [0.5, 0.6) is 0 Å². The van der Waals surface area contributed by atoms with Crippen LogP contribution in [0.2, 0.25) is 0 Å². The number of aliphatic imine (C=N–C) groups is 1. The predicted octanol–water partition coefficient (Wildman–Crippen LogP) is 1.89. The van der Waals surface area contributed by atoms with Crippen molar-refractivity contribution in [1.29, 1.82) is 0 Å². The molecule has 2 atom stereocenters. The van der Waals surface area contributed by atoms with Gasteiger partial charge in [-0.2, -0.15) is 0 Å². The average Bonchev–Trinajstić information content (AvgIpc) is 2.96. The first kappa shape index (κ1) is 16.6. The number of carbonyl (C=O) groups excluding carboxylic acids is 1. The average molecular weight is 308 g/mol. The highest BCUT2D eigenvalue weighted by molar-refractivity contribution is 5.81. The zero-order valence-electron chi connectivity index (χ0n) is 14.3. The summed E-state index contributed by atoms with van der Waals surface area (Å²) >= 11 is 0. The summed E-state index contributed by atoms with van der Waals surface area (Å²) < 4.78 is 5.46. The molecule has 6 nitrogen and oxygen atoms in total. The number of ether oxygens (including phenoxy) is 1. The highest BCUT2D eigenvalue weighted by atomic mass is 16.6. The Morgan fingerprint density at radius 1 is 1.18 bits per heavy atom. The fourth-order valence-corrected chi connectivity index (χ4v) is 3.10. The number of nitrogens with zero attached hydrogens (tertiary/aromatic N) is 3. The fourth-order valence-electron chi connectivity index (χ4n) is 3.10. The summed E-state index contributed by atoms with van der Waals surface area (Å²) in [6.45, 7) is 11.1. The van der Waals surface area contributed by atoms with Gasteiger partial charge in [-0.05, 0) is 33.9 Å². The standard InChI is InChI=1S/C16H28N4O2/c1-6-7-18-14(17-5)19-8-12-10-20(11-13(12)9-19)15(21)22-16(2,3)4/h6-7,12-13H,8-11H2,1-5H3,(H,17,18)/b7-6-. The molecule has 2 rings (SSSR count). The van der Waals surface area contributed by atoms with Crippen molar-refractivity contribution in [2.45, 2.75) is 33.3 Å². The van der Waals surface area contributed by atoms with Crippen LogP contribution < -0.4 is 5.32 Å². The van der Waals surface area contributed by atoms with Crippen LogP contribution in [0.15, 0.2) is 17.3 Å². The Bertz CT molecular complexity index is 453. The molecule has 1 amide bonds. The van der Waals surface area contributed by atoms with E-state index >= 15 is 0 Å². The van der Waals surface area contributed by atoms with Crippen molar-refractivity contribution >= 4 is 12.1 Å². The minimum Gasteiger partial charge on any atom is -0.444 e. The van der Waals surface area contributed by atoms with E-state index in [4.69, 9.17) is 4.74 Å². The normalized spacial score (nSPS) is 25.8. The summed E-state index contributed by atoms with van der Waals surface area (Å²) in [5.74, 6) is 1.89. The SMILES string of the molecule is C/C=C\NC(=NC)N1CC2CN(C(=O)OC(C)(C)C)CC2C1. The fraction of sp³-hybridized carbons (Fsp3) is 0.750. The molecule has 2 aliphatic rings. The first-order valence-corrected chi connectivity index (χ1v) is 7.91. The molecular formula is C16H28N4O2. The van der Waals surface area contributed by atoms with Crippen molar-refractivity contribution in [2.75, 3.05) is 33.2 Å². The zero-order chi connectivity index (χ0) is 16.3. The maximum Gasteiger partial charge on any atom is 0.410 e. The summed E-state index contributed by atoms with van der Waals surface area (Å²) in [6.07, 6.45) is 3.65. The van der Waals surface area contributed by atoms with Crippen LogP contribution in [0.1, 0.15) is 27.7 Å². The molecule has 0 aromatic carbocycles. The van der Waals surface area contributed by atoms with Gasteiger partial charge in [0.1, 0.15) is 5.60 Å². The molecule has 124 valence electrons. The molecule has 1 N–H and O–H groups in total. The van der Waals surface area contributed by atoms with Crippen LogP contribution in [-0.2, 0) is 4.74 Å². The van der Waals surface area contributed by atoms with Crippen molar-refractivity contribution in [2.24, 2.45) is 16.8 Å². The van der Waals surface area contributed by atoms with Crippen molar-refractivity contribution in [3.63, 3.8) is 0 Å². The first-order valence-electron chi connectivity index (χ1n) is 7.91. The van der Waals surface area contributed by atoms with Crippen LogP contribution in [0.3, 0.4) is 0 Å². The predicted molar refractivity (Wildman–Crippen MR) is 87.7 cm³/mol. The number of fused-ring (bicyclic) bond motifs is 1. The highest BCUT2D eigenvalue weighted by Crippen LogP contribution is 2.31. The van der Waals surface area contributed by atoms with Gasteiger partial charge in [0, 0.05) is 45.1 Å². The van der Waals surface area contributed by atoms with Crippen molar-refractivity contribution < 1.29 is 9.53 Å². The van der Waals surface area contributed by atoms with E-state index in [1.165, 1.54) is 0 Å². The third kappa shape index (κ3) is 3.93. The number of amides is 1. The second kappa shape index (κ2) is 6.58. The Hall–Kier alpha value is -1.72. The van der Waals surface area contributed by atoms with Crippen molar-refractivity contribution in [1.82, 2.24) is 15.1 Å². The summed E-state index contributed by atoms with van der Waals surface area (Å²) in [5.41, 5.74) is -0.431. The molecule has 2 heterocycles. The Kier molecular flexibility index (Phi) is 4.98. The molecule has 0 saturated carbocycles. The molecule has 0 bridgehead atoms. The Labute approximate surface area is 133 Å². The Balaban J connectivity index is 1.89. The van der Waals surface area contributed by atoms with E-state index in [1.807, 2.05) is 44.9 Å². The van der Waals surface area contributed by atoms with Gasteiger partial charge in [0.05, 0.1) is 0 Å². The molecular weight excluding hydrogens is 280 g/mol. The lowest BCUT2D eigenvalue weighted by molar-refractivity contribution is 0.0278. The van der Waals surface area contributed by atoms with Crippen LogP contribution in [0, 0.1) is 11.8 Å². The van der Waals surface area contributed by atoms with Gasteiger partial charge >= 0.3 is 6.09 Å². The molecule has 2 saturated heterocycles. The molecule has 2 aliphatic heterocycles. The van der Waals surface area contributed by atoms with Crippen LogP contribution >= 0.6 is 0 Å². The summed E-state index contributed by atoms with van der Waals surface area (Å²) in [5, 5.41) is 3.21. The minimum absolute atomic E-state index is 0.190. The maximum absolute atomic E-state index is 12.1. The van der Waals surface area contributed by atoms with Crippen molar-refractivity contribution in [3.8, 4) is 0 Å². The van der Waals surface area contributed by atoms with Gasteiger partial charge in [-0.25, -0.2) is 4.79 Å². The van der Waals surface area contributed by atoms with E-state index in [2.05, 4.69) is 15.2 Å². The summed E-state index contributed by atoms with van der Waals surface area (Å²) in [6, 6.07) is 0. The van der Waals surface area contributed by atoms with E-state index < -0.39 is 5.60 Å². The Morgan fingerprint density at radius 3 is 2.18 bits per heavy atom. The second-order valence-electron chi connectivity index (χ2n) is 7.00. The highest BCUT2D eigenvalue weighted by Gasteiger charge is 2.43. The number of rotatable bonds is 1. The number of nitrogens with one attached hydrogen (secondary N) is 1. The summed E-state index contributed by atoms with van der Waals surface area (Å²) in [7, 11) is 1.80. The third-order valence-corrected chi connectivity index (χ3v) is 4.03. The van der Waals surface area contributed by atoms with E-state index in [1.54, 1.807) is 7.05 Å². The number of guanidine groups is 1. The molecule has 0 radical (unpaired) electrons. The van der Waals surface area contributed by atoms with Crippen LogP contribution in [0.4, 0.5) is 4.79 Å². The van der Waals surface area contributed by atoms with Crippen molar-refractivity contribution in [3.05, 3.63) is 12.3 Å². The molecule has 0 spiro atoms. The molecule has 2 fully saturated rings. The minimum atomic E-state index is -0.431. The van der Waals surface area contributed by atoms with E-state index in [9.17, 15) is 4.79 Å². The van der Waals surface area contributed by atoms with E-state index in [0.29, 0.717) is 11.8 Å². The smallest absolute Gasteiger partial charge is 0.410 e. The van der Waals surface area contributed by atoms with Gasteiger partial charge in [0.25, 0.3) is 0 Å². The maximum atomic E-state index is 12.1. The lowest BCUT2D eigenvalue weighted by Crippen LogP contribution is -2.41. The lowest BCUT2D eigenvalue weighted by Gasteiger charge is -2.26. The van der Waals surface area contributed by atoms with Gasteiger partial charge in [0.2, 0.25) is 0 Å². The molecule has 6 heteroatoms. The topological polar surface area (TPSA) is 57.2 Å².